The molecule has 10 heavy (non-hydrogen) atoms. The Morgan fingerprint density at radius 2 is 1.90 bits per heavy atom. The van der Waals surface area contributed by atoms with Gasteiger partial charge in [-0.25, -0.2) is 4.79 Å². The number of carbonyl (C=O) groups excluding carboxylic acids is 1. The van der Waals surface area contributed by atoms with Gasteiger partial charge in [-0.3, -0.25) is 4.84 Å². The standard InChI is InChI=1S/C6H12NO2.HI/c1-5-6(8)9-7(2,3)4;/h5H,1H2,2-4H3;1H/q+1;/p-1. The smallest absolute Gasteiger partial charge is 0.389 e. The van der Waals surface area contributed by atoms with Crippen molar-refractivity contribution in [2.45, 2.75) is 0 Å². The van der Waals surface area contributed by atoms with E-state index in [1.165, 1.54) is 0 Å². The van der Waals surface area contributed by atoms with Crippen LogP contribution >= 0.6 is 0 Å². The average Bonchev–Trinajstić information content (AvgIpc) is 1.62. The van der Waals surface area contributed by atoms with Crippen LogP contribution in [0.25, 0.3) is 0 Å². The van der Waals surface area contributed by atoms with Crippen molar-refractivity contribution >= 4 is 5.97 Å². The van der Waals surface area contributed by atoms with Crippen LogP contribution in [-0.2, 0) is 9.63 Å². The molecule has 0 fully saturated rings. The normalized spacial score (nSPS) is 9.50. The fraction of sp³-hybridized carbons (Fsp3) is 0.500. The summed E-state index contributed by atoms with van der Waals surface area (Å²) >= 11 is 0. The summed E-state index contributed by atoms with van der Waals surface area (Å²) in [6, 6.07) is 0. The molecule has 0 spiro atoms. The molecule has 60 valence electrons. The van der Waals surface area contributed by atoms with Crippen LogP contribution in [0.2, 0.25) is 0 Å². The van der Waals surface area contributed by atoms with Crippen molar-refractivity contribution in [1.82, 2.24) is 0 Å². The Hall–Kier alpha value is -0.100. The van der Waals surface area contributed by atoms with Crippen molar-refractivity contribution in [3.05, 3.63) is 12.7 Å². The summed E-state index contributed by atoms with van der Waals surface area (Å²) in [6.45, 7) is 3.26. The van der Waals surface area contributed by atoms with Crippen LogP contribution in [0.4, 0.5) is 0 Å². The number of hydrogen-bond acceptors (Lipinski definition) is 2. The van der Waals surface area contributed by atoms with Crippen LogP contribution in [0, 0.1) is 0 Å². The zero-order chi connectivity index (χ0) is 7.49. The molecule has 0 aromatic rings. The van der Waals surface area contributed by atoms with E-state index in [0.717, 1.165) is 6.08 Å². The lowest BCUT2D eigenvalue weighted by Crippen LogP contribution is -3.00. The molecule has 0 rings (SSSR count). The molecule has 0 heterocycles. The lowest BCUT2D eigenvalue weighted by molar-refractivity contribution is -1.04. The Morgan fingerprint density at radius 1 is 1.50 bits per heavy atom. The van der Waals surface area contributed by atoms with Gasteiger partial charge in [-0.1, -0.05) is 6.58 Å². The Kier molecular flexibility index (Phi) is 5.87. The molecule has 0 bridgehead atoms. The van der Waals surface area contributed by atoms with Crippen LogP contribution in [0.1, 0.15) is 0 Å². The SMILES string of the molecule is C=CC(=O)O[N+](C)(C)C.[I-]. The van der Waals surface area contributed by atoms with Crippen LogP contribution in [-0.4, -0.2) is 31.8 Å². The number of carbonyl (C=O) groups is 1. The average molecular weight is 257 g/mol. The Balaban J connectivity index is 0. The van der Waals surface area contributed by atoms with E-state index in [9.17, 15) is 4.79 Å². The van der Waals surface area contributed by atoms with Crippen LogP contribution in [0.15, 0.2) is 12.7 Å². The number of quaternary nitrogens is 1. The molecule has 0 aromatic carbocycles. The van der Waals surface area contributed by atoms with E-state index < -0.39 is 5.97 Å². The largest absolute Gasteiger partial charge is 1.00 e. The van der Waals surface area contributed by atoms with Gasteiger partial charge in [0.05, 0.1) is 0 Å². The molecule has 3 nitrogen and oxygen atoms in total. The monoisotopic (exact) mass is 257 g/mol. The molecule has 0 aromatic heterocycles. The summed E-state index contributed by atoms with van der Waals surface area (Å²) in [7, 11) is 5.25. The van der Waals surface area contributed by atoms with Crippen molar-refractivity contribution in [3.8, 4) is 0 Å². The predicted octanol–water partition coefficient (Wildman–Crippen LogP) is -2.66. The molecule has 0 amide bonds. The molecule has 0 aliphatic rings. The van der Waals surface area contributed by atoms with Gasteiger partial charge in [0, 0.05) is 6.08 Å². The highest BCUT2D eigenvalue weighted by Gasteiger charge is 2.11. The maximum Gasteiger partial charge on any atom is 0.389 e. The minimum atomic E-state index is -0.400. The van der Waals surface area contributed by atoms with Gasteiger partial charge in [-0.05, 0) is 0 Å². The fourth-order valence-electron chi connectivity index (χ4n) is 0.307. The van der Waals surface area contributed by atoms with Crippen LogP contribution in [0.3, 0.4) is 0 Å². The van der Waals surface area contributed by atoms with Crippen molar-refractivity contribution in [2.24, 2.45) is 0 Å². The van der Waals surface area contributed by atoms with Gasteiger partial charge >= 0.3 is 5.97 Å². The molecular weight excluding hydrogens is 245 g/mol. The summed E-state index contributed by atoms with van der Waals surface area (Å²) in [6.07, 6.45) is 1.14. The third-order valence-corrected chi connectivity index (χ3v) is 0.531. The molecule has 0 saturated heterocycles. The van der Waals surface area contributed by atoms with Crippen molar-refractivity contribution < 1.29 is 38.3 Å². The molecule has 0 unspecified atom stereocenters. The van der Waals surface area contributed by atoms with Crippen LogP contribution in [0.5, 0.6) is 0 Å². The van der Waals surface area contributed by atoms with Gasteiger partial charge < -0.3 is 24.0 Å². The number of rotatable bonds is 2. The zero-order valence-electron chi connectivity index (χ0n) is 6.43. The van der Waals surface area contributed by atoms with Gasteiger partial charge in [0.15, 0.2) is 0 Å². The lowest BCUT2D eigenvalue weighted by Gasteiger charge is -2.18. The Morgan fingerprint density at radius 3 is 2.00 bits per heavy atom. The van der Waals surface area contributed by atoms with Crippen molar-refractivity contribution in [2.75, 3.05) is 21.1 Å². The highest BCUT2D eigenvalue weighted by Crippen LogP contribution is 1.92. The van der Waals surface area contributed by atoms with E-state index in [0.29, 0.717) is 0 Å². The molecular formula is C6H12INO2. The predicted molar refractivity (Wildman–Crippen MR) is 34.3 cm³/mol. The van der Waals surface area contributed by atoms with Crippen molar-refractivity contribution in [3.63, 3.8) is 0 Å². The van der Waals surface area contributed by atoms with Crippen molar-refractivity contribution in [1.29, 1.82) is 0 Å². The second kappa shape index (κ2) is 4.68. The third-order valence-electron chi connectivity index (χ3n) is 0.531. The minimum absolute atomic E-state index is 0. The fourth-order valence-corrected chi connectivity index (χ4v) is 0.307. The lowest BCUT2D eigenvalue weighted by atomic mass is 10.7. The van der Waals surface area contributed by atoms with E-state index in [1.54, 1.807) is 21.1 Å². The van der Waals surface area contributed by atoms with Gasteiger partial charge in [-0.2, -0.15) is 0 Å². The molecule has 0 radical (unpaired) electrons. The molecule has 0 N–H and O–H groups in total. The highest BCUT2D eigenvalue weighted by molar-refractivity contribution is 5.80. The highest BCUT2D eigenvalue weighted by atomic mass is 127. The third kappa shape index (κ3) is 7.90. The van der Waals surface area contributed by atoms with E-state index >= 15 is 0 Å². The summed E-state index contributed by atoms with van der Waals surface area (Å²) in [4.78, 5) is 15.2. The number of hydrogen-bond donors (Lipinski definition) is 0. The van der Waals surface area contributed by atoms with E-state index in [1.807, 2.05) is 0 Å². The summed E-state index contributed by atoms with van der Waals surface area (Å²) < 4.78 is 0.171. The second-order valence-corrected chi connectivity index (χ2v) is 2.50. The zero-order valence-corrected chi connectivity index (χ0v) is 8.58. The van der Waals surface area contributed by atoms with Crippen LogP contribution < -0.4 is 24.0 Å². The first-order valence-electron chi connectivity index (χ1n) is 2.63. The minimum Gasteiger partial charge on any atom is -1.00 e. The number of nitrogens with zero attached hydrogens (tertiary/aromatic N) is 1. The summed E-state index contributed by atoms with van der Waals surface area (Å²) in [5.74, 6) is -0.400. The first kappa shape index (κ1) is 12.6. The molecule has 0 aliphatic heterocycles. The van der Waals surface area contributed by atoms with Gasteiger partial charge in [0.2, 0.25) is 0 Å². The van der Waals surface area contributed by atoms with Gasteiger partial charge in [0.25, 0.3) is 0 Å². The van der Waals surface area contributed by atoms with Gasteiger partial charge in [-0.15, -0.1) is 4.65 Å². The molecule has 0 atom stereocenters. The first-order chi connectivity index (χ1) is 3.95. The second-order valence-electron chi connectivity index (χ2n) is 2.50. The Labute approximate surface area is 78.2 Å². The summed E-state index contributed by atoms with van der Waals surface area (Å²) in [5.41, 5.74) is 0. The maximum atomic E-state index is 10.5. The first-order valence-corrected chi connectivity index (χ1v) is 2.63. The number of hydroxylamine groups is 3. The number of halogens is 1. The maximum absolute atomic E-state index is 10.5. The molecule has 4 heteroatoms. The Bertz CT molecular complexity index is 128. The molecule has 0 saturated carbocycles. The topological polar surface area (TPSA) is 26.3 Å². The summed E-state index contributed by atoms with van der Waals surface area (Å²) in [5, 5.41) is 0. The van der Waals surface area contributed by atoms with E-state index in [2.05, 4.69) is 6.58 Å². The van der Waals surface area contributed by atoms with Gasteiger partial charge in [0.1, 0.15) is 21.1 Å². The van der Waals surface area contributed by atoms with E-state index in [-0.39, 0.29) is 28.6 Å². The quantitative estimate of drug-likeness (QED) is 0.234. The van der Waals surface area contributed by atoms with E-state index in [4.69, 9.17) is 4.84 Å². The molecule has 0 aliphatic carbocycles.